The molecule has 7 heteroatoms. The van der Waals surface area contributed by atoms with E-state index < -0.39 is 29.0 Å². The Labute approximate surface area is 244 Å². The molecule has 0 aromatic heterocycles. The maximum absolute atomic E-state index is 15.9. The third kappa shape index (κ3) is 3.91. The van der Waals surface area contributed by atoms with Gasteiger partial charge in [-0.15, -0.1) is 0 Å². The molecule has 4 fully saturated rings. The minimum Gasteiger partial charge on any atom is -0.464 e. The average molecular weight is 577 g/mol. The van der Waals surface area contributed by atoms with Crippen LogP contribution in [0.3, 0.4) is 0 Å². The van der Waals surface area contributed by atoms with E-state index >= 15 is 8.78 Å². The van der Waals surface area contributed by atoms with Crippen molar-refractivity contribution in [1.29, 1.82) is 0 Å². The number of hydrogen-bond acceptors (Lipinski definition) is 5. The zero-order valence-corrected chi connectivity index (χ0v) is 26.5. The van der Waals surface area contributed by atoms with Crippen LogP contribution in [-0.2, 0) is 23.9 Å². The molecule has 0 saturated heterocycles. The van der Waals surface area contributed by atoms with E-state index in [1.165, 1.54) is 13.8 Å². The third-order valence-corrected chi connectivity index (χ3v) is 13.5. The standard InChI is InChI=1S/C34H50F2O5/c1-19(2)26-27-22-10-11-24-30(7)14-13-25(41-21(4)38)29(5,6)23(30)12-15-32(24,9)31(22,8)16-17-33(27,18-40-20(3)37)28(39)34(26,35)36/h19,22-25H,10-18H2,1-9H3/t22?,23?,24?,25-,30-,31+,32+,33-/m0/s1. The van der Waals surface area contributed by atoms with Gasteiger partial charge in [-0.1, -0.05) is 48.5 Å². The molecule has 0 aromatic carbocycles. The lowest BCUT2D eigenvalue weighted by Crippen LogP contribution is -2.66. The monoisotopic (exact) mass is 576 g/mol. The molecule has 0 amide bonds. The number of rotatable bonds is 4. The molecule has 0 bridgehead atoms. The summed E-state index contributed by atoms with van der Waals surface area (Å²) in [5.74, 6) is -5.24. The first-order chi connectivity index (χ1) is 18.8. The van der Waals surface area contributed by atoms with Crippen LogP contribution in [0.5, 0.6) is 0 Å². The number of carbonyl (C=O) groups excluding carboxylic acids is 3. The third-order valence-electron chi connectivity index (χ3n) is 13.5. The summed E-state index contributed by atoms with van der Waals surface area (Å²) < 4.78 is 43.1. The topological polar surface area (TPSA) is 69.7 Å². The molecular weight excluding hydrogens is 526 g/mol. The molecule has 5 rings (SSSR count). The van der Waals surface area contributed by atoms with Crippen molar-refractivity contribution in [3.05, 3.63) is 11.1 Å². The van der Waals surface area contributed by atoms with E-state index in [0.29, 0.717) is 23.8 Å². The Morgan fingerprint density at radius 3 is 2.10 bits per heavy atom. The zero-order chi connectivity index (χ0) is 30.6. The maximum atomic E-state index is 15.9. The molecule has 0 aliphatic heterocycles. The molecule has 0 aromatic rings. The fourth-order valence-corrected chi connectivity index (χ4v) is 11.6. The van der Waals surface area contributed by atoms with Gasteiger partial charge in [0.25, 0.3) is 0 Å². The fraction of sp³-hybridized carbons (Fsp3) is 0.853. The number of ether oxygens (including phenoxy) is 2. The largest absolute Gasteiger partial charge is 0.464 e. The number of alkyl halides is 2. The van der Waals surface area contributed by atoms with Gasteiger partial charge in [0.15, 0.2) is 0 Å². The second-order valence-electron chi connectivity index (χ2n) is 15.8. The molecule has 5 nitrogen and oxygen atoms in total. The van der Waals surface area contributed by atoms with E-state index in [4.69, 9.17) is 9.47 Å². The number of fused-ring (bicyclic) bond motifs is 7. The first kappa shape index (κ1) is 30.7. The molecule has 41 heavy (non-hydrogen) atoms. The Morgan fingerprint density at radius 1 is 0.854 bits per heavy atom. The quantitative estimate of drug-likeness (QED) is 0.253. The van der Waals surface area contributed by atoms with Gasteiger partial charge >= 0.3 is 17.9 Å². The van der Waals surface area contributed by atoms with Crippen LogP contribution in [0.1, 0.15) is 114 Å². The van der Waals surface area contributed by atoms with E-state index in [1.54, 1.807) is 13.8 Å². The first-order valence-corrected chi connectivity index (χ1v) is 15.8. The second kappa shape index (κ2) is 9.35. The minimum absolute atomic E-state index is 0.0180. The first-order valence-electron chi connectivity index (χ1n) is 15.8. The van der Waals surface area contributed by atoms with Crippen LogP contribution in [0, 0.1) is 50.7 Å². The summed E-state index contributed by atoms with van der Waals surface area (Å²) >= 11 is 0. The van der Waals surface area contributed by atoms with Gasteiger partial charge in [0.2, 0.25) is 5.78 Å². The Morgan fingerprint density at radius 2 is 1.51 bits per heavy atom. The molecule has 4 saturated carbocycles. The molecular formula is C34H50F2O5. The Bertz CT molecular complexity index is 1190. The van der Waals surface area contributed by atoms with Gasteiger partial charge in [0, 0.05) is 24.8 Å². The highest BCUT2D eigenvalue weighted by molar-refractivity contribution is 6.01. The molecule has 5 aliphatic carbocycles. The lowest BCUT2D eigenvalue weighted by atomic mass is 9.33. The van der Waals surface area contributed by atoms with Crippen molar-refractivity contribution >= 4 is 17.7 Å². The van der Waals surface area contributed by atoms with E-state index in [-0.39, 0.29) is 58.3 Å². The van der Waals surface area contributed by atoms with Crippen molar-refractivity contribution in [2.24, 2.45) is 50.7 Å². The van der Waals surface area contributed by atoms with Gasteiger partial charge in [-0.05, 0) is 96.9 Å². The summed E-state index contributed by atoms with van der Waals surface area (Å²) in [4.78, 5) is 37.5. The number of hydrogen-bond donors (Lipinski definition) is 0. The Kier molecular flexibility index (Phi) is 6.99. The molecule has 0 N–H and O–H groups in total. The van der Waals surface area contributed by atoms with Crippen LogP contribution in [0.15, 0.2) is 11.1 Å². The predicted molar refractivity (Wildman–Crippen MR) is 152 cm³/mol. The fourth-order valence-electron chi connectivity index (χ4n) is 11.6. The minimum atomic E-state index is -3.55. The SMILES string of the molecule is CC(=O)OC[C@@]12CC[C@]3(C)C(CCC4[C@@]5(C)CC[C@H](OC(C)=O)C(C)(C)C5CC[C@]43C)C1=C(C(C)C)C(F)(F)C2=O. The molecule has 3 unspecified atom stereocenters. The average Bonchev–Trinajstić information content (AvgIpc) is 3.03. The van der Waals surface area contributed by atoms with Crippen molar-refractivity contribution in [3.63, 3.8) is 0 Å². The number of Topliss-reactive ketones (excluding diaryl/α,β-unsaturated/α-hetero) is 1. The molecule has 8 atom stereocenters. The lowest BCUT2D eigenvalue weighted by Gasteiger charge is -2.72. The number of allylic oxidation sites excluding steroid dienone is 1. The number of ketones is 1. The highest BCUT2D eigenvalue weighted by Crippen LogP contribution is 2.77. The van der Waals surface area contributed by atoms with E-state index in [1.807, 2.05) is 0 Å². The predicted octanol–water partition coefficient (Wildman–Crippen LogP) is 7.71. The van der Waals surface area contributed by atoms with Gasteiger partial charge in [-0.3, -0.25) is 14.4 Å². The molecule has 0 radical (unpaired) electrons. The zero-order valence-electron chi connectivity index (χ0n) is 26.5. The normalized spacial score (nSPS) is 44.4. The van der Waals surface area contributed by atoms with E-state index in [0.717, 1.165) is 38.5 Å². The molecule has 5 aliphatic rings. The lowest BCUT2D eigenvalue weighted by molar-refractivity contribution is -0.233. The smallest absolute Gasteiger partial charge is 0.328 e. The maximum Gasteiger partial charge on any atom is 0.328 e. The van der Waals surface area contributed by atoms with Crippen LogP contribution in [0.2, 0.25) is 0 Å². The summed E-state index contributed by atoms with van der Waals surface area (Å²) in [7, 11) is 0. The van der Waals surface area contributed by atoms with Crippen molar-refractivity contribution in [2.45, 2.75) is 126 Å². The summed E-state index contributed by atoms with van der Waals surface area (Å²) in [6.07, 6.45) is 6.30. The van der Waals surface area contributed by atoms with Gasteiger partial charge in [-0.2, -0.15) is 8.78 Å². The van der Waals surface area contributed by atoms with E-state index in [2.05, 4.69) is 34.6 Å². The van der Waals surface area contributed by atoms with Crippen LogP contribution in [0.4, 0.5) is 8.78 Å². The van der Waals surface area contributed by atoms with Gasteiger partial charge < -0.3 is 9.47 Å². The Balaban J connectivity index is 1.59. The summed E-state index contributed by atoms with van der Waals surface area (Å²) in [5, 5.41) is 0. The number of carbonyl (C=O) groups is 3. The number of halogens is 2. The van der Waals surface area contributed by atoms with Crippen LogP contribution < -0.4 is 0 Å². The molecule has 0 heterocycles. The van der Waals surface area contributed by atoms with Gasteiger partial charge in [-0.25, -0.2) is 0 Å². The highest BCUT2D eigenvalue weighted by Gasteiger charge is 2.74. The highest BCUT2D eigenvalue weighted by atomic mass is 19.3. The van der Waals surface area contributed by atoms with Crippen LogP contribution >= 0.6 is 0 Å². The Hall–Kier alpha value is -1.79. The second-order valence-corrected chi connectivity index (χ2v) is 15.8. The molecule has 230 valence electrons. The summed E-state index contributed by atoms with van der Waals surface area (Å²) in [6, 6.07) is 0. The molecule has 0 spiro atoms. The van der Waals surface area contributed by atoms with Gasteiger partial charge in [0.1, 0.15) is 12.7 Å². The van der Waals surface area contributed by atoms with Crippen molar-refractivity contribution in [3.8, 4) is 0 Å². The summed E-state index contributed by atoms with van der Waals surface area (Å²) in [5.41, 5.74) is -1.34. The van der Waals surface area contributed by atoms with Crippen molar-refractivity contribution in [1.82, 2.24) is 0 Å². The van der Waals surface area contributed by atoms with Crippen molar-refractivity contribution < 1.29 is 32.6 Å². The van der Waals surface area contributed by atoms with Crippen LogP contribution in [-0.4, -0.2) is 36.4 Å². The van der Waals surface area contributed by atoms with E-state index in [9.17, 15) is 14.4 Å². The summed E-state index contributed by atoms with van der Waals surface area (Å²) in [6.45, 7) is 17.7. The van der Waals surface area contributed by atoms with Crippen molar-refractivity contribution in [2.75, 3.05) is 6.61 Å². The van der Waals surface area contributed by atoms with Crippen LogP contribution in [0.25, 0.3) is 0 Å². The van der Waals surface area contributed by atoms with Gasteiger partial charge in [0.05, 0.1) is 5.41 Å². The number of esters is 2.